The van der Waals surface area contributed by atoms with E-state index in [-0.39, 0.29) is 11.8 Å². The molecule has 0 spiro atoms. The molecule has 1 aliphatic heterocycles. The van der Waals surface area contributed by atoms with Gasteiger partial charge in [0, 0.05) is 31.7 Å². The zero-order valence-corrected chi connectivity index (χ0v) is 18.4. The first-order valence-corrected chi connectivity index (χ1v) is 10.3. The second-order valence-electron chi connectivity index (χ2n) is 7.04. The molecule has 1 fully saturated rings. The van der Waals surface area contributed by atoms with Crippen LogP contribution in [-0.2, 0) is 4.79 Å². The average Bonchev–Trinajstić information content (AvgIpc) is 2.74. The van der Waals surface area contributed by atoms with Gasteiger partial charge in [0.1, 0.15) is 11.5 Å². The number of hydrogen-bond acceptors (Lipinski definition) is 4. The highest BCUT2D eigenvalue weighted by Crippen LogP contribution is 2.27. The maximum absolute atomic E-state index is 12.8. The molecule has 154 valence electrons. The van der Waals surface area contributed by atoms with E-state index in [0.29, 0.717) is 43.2 Å². The van der Waals surface area contributed by atoms with Crippen LogP contribution in [0.3, 0.4) is 0 Å². The van der Waals surface area contributed by atoms with E-state index in [9.17, 15) is 9.59 Å². The van der Waals surface area contributed by atoms with Crippen molar-refractivity contribution in [2.45, 2.75) is 20.0 Å². The summed E-state index contributed by atoms with van der Waals surface area (Å²) >= 11 is 3.47. The van der Waals surface area contributed by atoms with Gasteiger partial charge in [-0.2, -0.15) is 0 Å². The normalized spacial score (nSPS) is 15.0. The number of methoxy groups -OCH3 is 1. The summed E-state index contributed by atoms with van der Waals surface area (Å²) in [5.41, 5.74) is 1.73. The van der Waals surface area contributed by atoms with Crippen molar-refractivity contribution in [3.8, 4) is 11.5 Å². The van der Waals surface area contributed by atoms with Crippen molar-refractivity contribution >= 4 is 27.7 Å². The molecule has 3 rings (SSSR count). The second kappa shape index (κ2) is 9.31. The number of aryl methyl sites for hydroxylation is 1. The molecule has 0 N–H and O–H groups in total. The summed E-state index contributed by atoms with van der Waals surface area (Å²) in [5.74, 6) is 1.25. The van der Waals surface area contributed by atoms with Gasteiger partial charge in [-0.1, -0.05) is 6.07 Å². The molecule has 2 amide bonds. The molecule has 0 aliphatic carbocycles. The molecule has 0 saturated carbocycles. The predicted octanol–water partition coefficient (Wildman–Crippen LogP) is 3.52. The number of amides is 2. The molecule has 7 heteroatoms. The van der Waals surface area contributed by atoms with Crippen LogP contribution in [0.1, 0.15) is 22.8 Å². The lowest BCUT2D eigenvalue weighted by atomic mass is 10.1. The number of ether oxygens (including phenoxy) is 2. The van der Waals surface area contributed by atoms with Crippen molar-refractivity contribution in [2.24, 2.45) is 0 Å². The van der Waals surface area contributed by atoms with E-state index in [1.807, 2.05) is 25.1 Å². The topological polar surface area (TPSA) is 59.1 Å². The smallest absolute Gasteiger partial charge is 0.263 e. The number of benzene rings is 2. The molecule has 2 aromatic carbocycles. The zero-order valence-electron chi connectivity index (χ0n) is 16.9. The molecule has 1 heterocycles. The lowest BCUT2D eigenvalue weighted by Crippen LogP contribution is -2.53. The lowest BCUT2D eigenvalue weighted by Gasteiger charge is -2.36. The van der Waals surface area contributed by atoms with Gasteiger partial charge in [-0.05, 0) is 71.7 Å². The number of halogens is 1. The van der Waals surface area contributed by atoms with E-state index in [2.05, 4.69) is 15.9 Å². The number of hydrogen-bond donors (Lipinski definition) is 0. The minimum Gasteiger partial charge on any atom is -0.497 e. The number of carbonyl (C=O) groups excluding carboxylic acids is 2. The van der Waals surface area contributed by atoms with Crippen LogP contribution in [-0.4, -0.2) is 61.0 Å². The molecule has 2 aromatic rings. The van der Waals surface area contributed by atoms with E-state index in [4.69, 9.17) is 9.47 Å². The van der Waals surface area contributed by atoms with Gasteiger partial charge in [0.25, 0.3) is 11.8 Å². The van der Waals surface area contributed by atoms with Gasteiger partial charge in [-0.3, -0.25) is 9.59 Å². The number of rotatable bonds is 5. The Morgan fingerprint density at radius 3 is 2.21 bits per heavy atom. The van der Waals surface area contributed by atoms with Crippen LogP contribution in [0.25, 0.3) is 0 Å². The Hall–Kier alpha value is -2.54. The Balaban J connectivity index is 1.55. The quantitative estimate of drug-likeness (QED) is 0.684. The molecule has 1 saturated heterocycles. The fraction of sp³-hybridized carbons (Fsp3) is 0.364. The average molecular weight is 461 g/mol. The SMILES string of the molecule is COc1ccc(C(=O)N2CCN(C(=O)C(C)Oc3ccc(C)cc3Br)CC2)cc1. The van der Waals surface area contributed by atoms with Gasteiger partial charge in [0.05, 0.1) is 11.6 Å². The first-order chi connectivity index (χ1) is 13.9. The van der Waals surface area contributed by atoms with Crippen LogP contribution >= 0.6 is 15.9 Å². The molecule has 1 atom stereocenters. The third kappa shape index (κ3) is 5.09. The highest BCUT2D eigenvalue weighted by atomic mass is 79.9. The predicted molar refractivity (Wildman–Crippen MR) is 114 cm³/mol. The van der Waals surface area contributed by atoms with Crippen molar-refractivity contribution < 1.29 is 19.1 Å². The second-order valence-corrected chi connectivity index (χ2v) is 7.89. The lowest BCUT2D eigenvalue weighted by molar-refractivity contribution is -0.139. The van der Waals surface area contributed by atoms with Crippen LogP contribution < -0.4 is 9.47 Å². The van der Waals surface area contributed by atoms with Crippen LogP contribution in [0.4, 0.5) is 0 Å². The maximum Gasteiger partial charge on any atom is 0.263 e. The van der Waals surface area contributed by atoms with E-state index < -0.39 is 6.10 Å². The summed E-state index contributed by atoms with van der Waals surface area (Å²) in [6, 6.07) is 12.8. The largest absolute Gasteiger partial charge is 0.497 e. The van der Waals surface area contributed by atoms with Crippen molar-refractivity contribution in [2.75, 3.05) is 33.3 Å². The summed E-state index contributed by atoms with van der Waals surface area (Å²) in [5, 5.41) is 0. The Morgan fingerprint density at radius 1 is 1.00 bits per heavy atom. The van der Waals surface area contributed by atoms with E-state index in [1.54, 1.807) is 48.1 Å². The van der Waals surface area contributed by atoms with E-state index in [0.717, 1.165) is 10.0 Å². The molecule has 1 aliphatic rings. The van der Waals surface area contributed by atoms with Gasteiger partial charge in [0.2, 0.25) is 0 Å². The van der Waals surface area contributed by atoms with Crippen LogP contribution in [0, 0.1) is 6.92 Å². The molecular weight excluding hydrogens is 436 g/mol. The number of nitrogens with zero attached hydrogens (tertiary/aromatic N) is 2. The van der Waals surface area contributed by atoms with Crippen LogP contribution in [0.15, 0.2) is 46.9 Å². The minimum atomic E-state index is -0.599. The molecule has 1 unspecified atom stereocenters. The maximum atomic E-state index is 12.8. The van der Waals surface area contributed by atoms with Gasteiger partial charge in [-0.15, -0.1) is 0 Å². The molecule has 0 bridgehead atoms. The van der Waals surface area contributed by atoms with Crippen molar-refractivity contribution in [3.05, 3.63) is 58.1 Å². The van der Waals surface area contributed by atoms with Gasteiger partial charge < -0.3 is 19.3 Å². The third-order valence-electron chi connectivity index (χ3n) is 4.95. The first kappa shape index (κ1) is 21.2. The molecule has 0 radical (unpaired) electrons. The summed E-state index contributed by atoms with van der Waals surface area (Å²) in [4.78, 5) is 29.0. The van der Waals surface area contributed by atoms with Crippen LogP contribution in [0.2, 0.25) is 0 Å². The van der Waals surface area contributed by atoms with E-state index >= 15 is 0 Å². The number of carbonyl (C=O) groups is 2. The standard InChI is InChI=1S/C22H25BrN2O4/c1-15-4-9-20(19(23)14-15)29-16(2)21(26)24-10-12-25(13-11-24)22(27)17-5-7-18(28-3)8-6-17/h4-9,14,16H,10-13H2,1-3H3. The Labute approximate surface area is 179 Å². The summed E-state index contributed by atoms with van der Waals surface area (Å²) in [6.07, 6.45) is -0.599. The highest BCUT2D eigenvalue weighted by Gasteiger charge is 2.28. The minimum absolute atomic E-state index is 0.0346. The fourth-order valence-electron chi connectivity index (χ4n) is 3.25. The van der Waals surface area contributed by atoms with Crippen molar-refractivity contribution in [1.29, 1.82) is 0 Å². The van der Waals surface area contributed by atoms with Crippen molar-refractivity contribution in [1.82, 2.24) is 9.80 Å². The molecule has 6 nitrogen and oxygen atoms in total. The highest BCUT2D eigenvalue weighted by molar-refractivity contribution is 9.10. The van der Waals surface area contributed by atoms with E-state index in [1.165, 1.54) is 0 Å². The summed E-state index contributed by atoms with van der Waals surface area (Å²) in [6.45, 7) is 5.72. The zero-order chi connectivity index (χ0) is 21.0. The number of piperazine rings is 1. The van der Waals surface area contributed by atoms with Crippen LogP contribution in [0.5, 0.6) is 11.5 Å². The Bertz CT molecular complexity index is 877. The van der Waals surface area contributed by atoms with Crippen molar-refractivity contribution in [3.63, 3.8) is 0 Å². The summed E-state index contributed by atoms with van der Waals surface area (Å²) < 4.78 is 11.8. The fourth-order valence-corrected chi connectivity index (χ4v) is 3.83. The third-order valence-corrected chi connectivity index (χ3v) is 5.57. The van der Waals surface area contributed by atoms with Gasteiger partial charge >= 0.3 is 0 Å². The Kier molecular flexibility index (Phi) is 6.79. The summed E-state index contributed by atoms with van der Waals surface area (Å²) in [7, 11) is 1.59. The Morgan fingerprint density at radius 2 is 1.62 bits per heavy atom. The first-order valence-electron chi connectivity index (χ1n) is 9.54. The molecule has 29 heavy (non-hydrogen) atoms. The molecular formula is C22H25BrN2O4. The van der Waals surface area contributed by atoms with Gasteiger partial charge in [-0.25, -0.2) is 0 Å². The van der Waals surface area contributed by atoms with Gasteiger partial charge in [0.15, 0.2) is 6.10 Å². The molecule has 0 aromatic heterocycles. The monoisotopic (exact) mass is 460 g/mol.